The monoisotopic (exact) mass is 392 g/mol. The number of halogens is 5. The molecule has 0 unspecified atom stereocenters. The molecule has 0 aromatic heterocycles. The highest BCUT2D eigenvalue weighted by Crippen LogP contribution is 2.31. The van der Waals surface area contributed by atoms with Gasteiger partial charge in [-0.15, -0.1) is 13.2 Å². The van der Waals surface area contributed by atoms with E-state index in [4.69, 9.17) is 0 Å². The number of allylic oxidation sites excluding steroid dienone is 1. The summed E-state index contributed by atoms with van der Waals surface area (Å²) in [6, 6.07) is 6.07. The van der Waals surface area contributed by atoms with Gasteiger partial charge in [0.15, 0.2) is 0 Å². The molecule has 0 bridgehead atoms. The van der Waals surface area contributed by atoms with Gasteiger partial charge in [-0.3, -0.25) is 0 Å². The van der Waals surface area contributed by atoms with E-state index < -0.39 is 18.0 Å². The smallest absolute Gasteiger partial charge is 0.406 e. The molecule has 0 N–H and O–H groups in total. The first kappa shape index (κ1) is 19.9. The molecule has 1 aliphatic carbocycles. The fourth-order valence-electron chi connectivity index (χ4n) is 3.15. The van der Waals surface area contributed by atoms with E-state index in [-0.39, 0.29) is 11.3 Å². The van der Waals surface area contributed by atoms with E-state index in [9.17, 15) is 22.0 Å². The van der Waals surface area contributed by atoms with Crippen molar-refractivity contribution in [1.82, 2.24) is 0 Å². The summed E-state index contributed by atoms with van der Waals surface area (Å²) < 4.78 is 69.4. The molecule has 0 amide bonds. The Labute approximate surface area is 159 Å². The molecular formula is C22H17F5O. The number of alkyl halides is 3. The molecule has 0 atom stereocenters. The van der Waals surface area contributed by atoms with Gasteiger partial charge in [0.25, 0.3) is 0 Å². The summed E-state index contributed by atoms with van der Waals surface area (Å²) in [5.41, 5.74) is 2.15. The standard InChI is InChI=1S/C22H17F5O/c1-2-3-15-7-10-18-16(12-15)13-20(23)19(21(18)24)11-6-14-4-8-17(9-5-14)28-22(25,26)27/h4-5,8-9,12-13H,2-3,7,10H2,1H3. The topological polar surface area (TPSA) is 9.23 Å². The van der Waals surface area contributed by atoms with Crippen molar-refractivity contribution >= 4 is 6.08 Å². The van der Waals surface area contributed by atoms with Crippen LogP contribution in [0.3, 0.4) is 0 Å². The third-order valence-corrected chi connectivity index (χ3v) is 4.40. The predicted octanol–water partition coefficient (Wildman–Crippen LogP) is 6.39. The Morgan fingerprint density at radius 2 is 1.75 bits per heavy atom. The normalized spacial score (nSPS) is 13.3. The molecule has 2 aromatic carbocycles. The van der Waals surface area contributed by atoms with Gasteiger partial charge in [-0.1, -0.05) is 36.8 Å². The van der Waals surface area contributed by atoms with Crippen molar-refractivity contribution in [1.29, 1.82) is 0 Å². The van der Waals surface area contributed by atoms with Gasteiger partial charge in [0.1, 0.15) is 17.4 Å². The molecule has 6 heteroatoms. The molecule has 28 heavy (non-hydrogen) atoms. The Hall–Kier alpha value is -2.81. The maximum Gasteiger partial charge on any atom is 0.573 e. The Balaban J connectivity index is 1.87. The molecule has 0 aliphatic heterocycles. The number of hydrogen-bond acceptors (Lipinski definition) is 1. The number of hydrogen-bond donors (Lipinski definition) is 0. The Kier molecular flexibility index (Phi) is 5.73. The minimum Gasteiger partial charge on any atom is -0.406 e. The Bertz CT molecular complexity index is 960. The minimum atomic E-state index is -4.78. The third kappa shape index (κ3) is 4.72. The quantitative estimate of drug-likeness (QED) is 0.434. The summed E-state index contributed by atoms with van der Waals surface area (Å²) in [5.74, 6) is 3.23. The first-order chi connectivity index (χ1) is 13.3. The van der Waals surface area contributed by atoms with Crippen LogP contribution < -0.4 is 4.74 Å². The molecule has 0 saturated carbocycles. The second-order valence-electron chi connectivity index (χ2n) is 6.49. The van der Waals surface area contributed by atoms with Crippen molar-refractivity contribution in [3.8, 4) is 17.6 Å². The molecule has 1 nitrogen and oxygen atoms in total. The first-order valence-electron chi connectivity index (χ1n) is 8.85. The van der Waals surface area contributed by atoms with Gasteiger partial charge >= 0.3 is 6.36 Å². The number of fused-ring (bicyclic) bond motifs is 1. The molecule has 2 aromatic rings. The molecule has 0 radical (unpaired) electrons. The molecular weight excluding hydrogens is 375 g/mol. The lowest BCUT2D eigenvalue weighted by Crippen LogP contribution is -2.16. The van der Waals surface area contributed by atoms with Crippen molar-refractivity contribution in [3.63, 3.8) is 0 Å². The van der Waals surface area contributed by atoms with Crippen LogP contribution in [0, 0.1) is 23.5 Å². The van der Waals surface area contributed by atoms with Crippen LogP contribution in [-0.4, -0.2) is 6.36 Å². The van der Waals surface area contributed by atoms with Crippen LogP contribution in [0.25, 0.3) is 6.08 Å². The highest BCUT2D eigenvalue weighted by atomic mass is 19.4. The van der Waals surface area contributed by atoms with Crippen molar-refractivity contribution in [2.24, 2.45) is 0 Å². The molecule has 0 spiro atoms. The zero-order chi connectivity index (χ0) is 20.3. The van der Waals surface area contributed by atoms with Gasteiger partial charge in [0, 0.05) is 5.56 Å². The van der Waals surface area contributed by atoms with Crippen molar-refractivity contribution in [2.45, 2.75) is 39.0 Å². The molecule has 3 rings (SSSR count). The minimum absolute atomic E-state index is 0.316. The second-order valence-corrected chi connectivity index (χ2v) is 6.49. The van der Waals surface area contributed by atoms with Gasteiger partial charge < -0.3 is 4.74 Å². The summed E-state index contributed by atoms with van der Waals surface area (Å²) in [6.07, 6.45) is 0.155. The van der Waals surface area contributed by atoms with E-state index in [1.807, 2.05) is 6.08 Å². The van der Waals surface area contributed by atoms with Gasteiger partial charge in [0.05, 0.1) is 5.56 Å². The molecule has 0 heterocycles. The fourth-order valence-corrected chi connectivity index (χ4v) is 3.15. The molecule has 0 fully saturated rings. The van der Waals surface area contributed by atoms with Crippen LogP contribution in [0.4, 0.5) is 22.0 Å². The highest BCUT2D eigenvalue weighted by molar-refractivity contribution is 5.62. The van der Waals surface area contributed by atoms with Crippen LogP contribution in [0.5, 0.6) is 5.75 Å². The van der Waals surface area contributed by atoms with E-state index in [0.717, 1.165) is 31.4 Å². The first-order valence-corrected chi connectivity index (χ1v) is 8.85. The molecule has 0 saturated heterocycles. The molecule has 1 aliphatic rings. The number of benzene rings is 2. The Morgan fingerprint density at radius 1 is 1.04 bits per heavy atom. The molecule has 146 valence electrons. The van der Waals surface area contributed by atoms with E-state index >= 15 is 0 Å². The van der Waals surface area contributed by atoms with Crippen LogP contribution in [0.1, 0.15) is 48.4 Å². The van der Waals surface area contributed by atoms with E-state index in [2.05, 4.69) is 23.5 Å². The van der Waals surface area contributed by atoms with E-state index in [1.165, 1.54) is 23.8 Å². The van der Waals surface area contributed by atoms with Crippen LogP contribution >= 0.6 is 0 Å². The van der Waals surface area contributed by atoms with Crippen LogP contribution in [-0.2, 0) is 6.42 Å². The van der Waals surface area contributed by atoms with E-state index in [0.29, 0.717) is 23.1 Å². The van der Waals surface area contributed by atoms with Gasteiger partial charge in [-0.25, -0.2) is 8.78 Å². The van der Waals surface area contributed by atoms with Crippen molar-refractivity contribution in [2.75, 3.05) is 0 Å². The summed E-state index contributed by atoms with van der Waals surface area (Å²) in [5, 5.41) is 0. The summed E-state index contributed by atoms with van der Waals surface area (Å²) in [6.45, 7) is 2.05. The summed E-state index contributed by atoms with van der Waals surface area (Å²) >= 11 is 0. The largest absolute Gasteiger partial charge is 0.573 e. The lowest BCUT2D eigenvalue weighted by Gasteiger charge is -2.18. The fraction of sp³-hybridized carbons (Fsp3) is 0.273. The average molecular weight is 392 g/mol. The lowest BCUT2D eigenvalue weighted by atomic mass is 9.88. The predicted molar refractivity (Wildman–Crippen MR) is 96.7 cm³/mol. The zero-order valence-electron chi connectivity index (χ0n) is 15.1. The number of rotatable bonds is 3. The van der Waals surface area contributed by atoms with Gasteiger partial charge in [0.2, 0.25) is 0 Å². The lowest BCUT2D eigenvalue weighted by molar-refractivity contribution is -0.274. The maximum absolute atomic E-state index is 14.8. The highest BCUT2D eigenvalue weighted by Gasteiger charge is 2.30. The zero-order valence-corrected chi connectivity index (χ0v) is 15.1. The van der Waals surface area contributed by atoms with Crippen LogP contribution in [0.2, 0.25) is 0 Å². The second kappa shape index (κ2) is 8.05. The van der Waals surface area contributed by atoms with Crippen molar-refractivity contribution < 1.29 is 26.7 Å². The summed E-state index contributed by atoms with van der Waals surface area (Å²) in [7, 11) is 0. The summed E-state index contributed by atoms with van der Waals surface area (Å²) in [4.78, 5) is 0. The van der Waals surface area contributed by atoms with Crippen LogP contribution in [0.15, 0.2) is 35.9 Å². The van der Waals surface area contributed by atoms with E-state index in [1.54, 1.807) is 0 Å². The average Bonchev–Trinajstić information content (AvgIpc) is 2.61. The van der Waals surface area contributed by atoms with Gasteiger partial charge in [-0.2, -0.15) is 0 Å². The third-order valence-electron chi connectivity index (χ3n) is 4.40. The number of ether oxygens (including phenoxy) is 1. The maximum atomic E-state index is 14.8. The van der Waals surface area contributed by atoms with Gasteiger partial charge in [-0.05, 0) is 60.7 Å². The Morgan fingerprint density at radius 3 is 2.39 bits per heavy atom. The SMILES string of the molecule is CCCC1=Cc2cc(F)c(C#Cc3ccc(OC(F)(F)F)cc3)c(F)c2CC1. The van der Waals surface area contributed by atoms with Crippen molar-refractivity contribution in [3.05, 3.63) is 69.8 Å².